The molecule has 23 heavy (non-hydrogen) atoms. The number of nitrogens with zero attached hydrogens (tertiary/aromatic N) is 2. The van der Waals surface area contributed by atoms with Crippen LogP contribution in [0.3, 0.4) is 0 Å². The van der Waals surface area contributed by atoms with Crippen molar-refractivity contribution in [2.45, 2.75) is 64.6 Å². The van der Waals surface area contributed by atoms with E-state index in [9.17, 15) is 4.79 Å². The predicted octanol–water partition coefficient (Wildman–Crippen LogP) is 2.27. The van der Waals surface area contributed by atoms with Crippen molar-refractivity contribution >= 4 is 17.2 Å². The zero-order chi connectivity index (χ0) is 16.2. The lowest BCUT2D eigenvalue weighted by atomic mass is 10.0. The Morgan fingerprint density at radius 3 is 2.78 bits per heavy atom. The van der Waals surface area contributed by atoms with Crippen molar-refractivity contribution in [3.63, 3.8) is 0 Å². The number of carbonyl (C=O) groups is 1. The van der Waals surface area contributed by atoms with E-state index in [2.05, 4.69) is 24.1 Å². The molecule has 2 aliphatic rings. The monoisotopic (exact) mass is 337 g/mol. The van der Waals surface area contributed by atoms with Gasteiger partial charge in [-0.3, -0.25) is 4.79 Å². The fourth-order valence-corrected chi connectivity index (χ4v) is 4.28. The number of likely N-dealkylation sites (tertiary alicyclic amines) is 1. The minimum atomic E-state index is -0.174. The van der Waals surface area contributed by atoms with E-state index in [1.54, 1.807) is 0 Å². The summed E-state index contributed by atoms with van der Waals surface area (Å²) >= 11 is 1.82. The van der Waals surface area contributed by atoms with Crippen LogP contribution in [0.5, 0.6) is 0 Å². The van der Waals surface area contributed by atoms with Gasteiger partial charge in [0, 0.05) is 37.2 Å². The summed E-state index contributed by atoms with van der Waals surface area (Å²) in [6.07, 6.45) is 4.79. The van der Waals surface area contributed by atoms with Gasteiger partial charge in [0.25, 0.3) is 5.91 Å². The minimum absolute atomic E-state index is 0.174. The summed E-state index contributed by atoms with van der Waals surface area (Å²) in [5, 5.41) is 4.87. The largest absolute Gasteiger partial charge is 0.368 e. The molecular formula is C17H27N3O2S. The third-order valence-electron chi connectivity index (χ3n) is 4.80. The van der Waals surface area contributed by atoms with E-state index >= 15 is 0 Å². The van der Waals surface area contributed by atoms with Gasteiger partial charge in [0.1, 0.15) is 6.10 Å². The third-order valence-corrected chi connectivity index (χ3v) is 6.10. The molecular weight excluding hydrogens is 310 g/mol. The molecule has 1 aromatic heterocycles. The Morgan fingerprint density at radius 2 is 2.17 bits per heavy atom. The predicted molar refractivity (Wildman–Crippen MR) is 91.6 cm³/mol. The van der Waals surface area contributed by atoms with Crippen molar-refractivity contribution < 1.29 is 9.53 Å². The molecule has 5 nitrogen and oxygen atoms in total. The summed E-state index contributed by atoms with van der Waals surface area (Å²) in [5.41, 5.74) is 1.16. The summed E-state index contributed by atoms with van der Waals surface area (Å²) < 4.78 is 5.51. The van der Waals surface area contributed by atoms with Crippen LogP contribution in [0, 0.1) is 6.92 Å². The quantitative estimate of drug-likeness (QED) is 0.895. The van der Waals surface area contributed by atoms with E-state index in [0.29, 0.717) is 6.04 Å². The molecule has 128 valence electrons. The first-order chi connectivity index (χ1) is 11.2. The van der Waals surface area contributed by atoms with Crippen LogP contribution in [0.15, 0.2) is 0 Å². The molecule has 0 spiro atoms. The summed E-state index contributed by atoms with van der Waals surface area (Å²) in [6, 6.07) is 0.495. The first kappa shape index (κ1) is 16.9. The first-order valence-corrected chi connectivity index (χ1v) is 9.58. The Hall–Kier alpha value is -0.980. The summed E-state index contributed by atoms with van der Waals surface area (Å²) in [4.78, 5) is 20.3. The number of aromatic nitrogens is 1. The van der Waals surface area contributed by atoms with Gasteiger partial charge in [0.2, 0.25) is 0 Å². The first-order valence-electron chi connectivity index (χ1n) is 8.76. The zero-order valence-electron chi connectivity index (χ0n) is 14.1. The van der Waals surface area contributed by atoms with Crippen LogP contribution < -0.4 is 5.32 Å². The maximum absolute atomic E-state index is 12.3. The van der Waals surface area contributed by atoms with E-state index < -0.39 is 0 Å². The number of carbonyl (C=O) groups excluding carboxylic acids is 1. The second-order valence-corrected chi connectivity index (χ2v) is 7.62. The van der Waals surface area contributed by atoms with Crippen molar-refractivity contribution in [2.24, 2.45) is 0 Å². The second-order valence-electron chi connectivity index (χ2n) is 6.45. The van der Waals surface area contributed by atoms with Crippen molar-refractivity contribution in [3.8, 4) is 0 Å². The molecule has 2 fully saturated rings. The lowest BCUT2D eigenvalue weighted by molar-refractivity contribution is -0.142. The van der Waals surface area contributed by atoms with Crippen LogP contribution in [-0.4, -0.2) is 47.6 Å². The highest BCUT2D eigenvalue weighted by Gasteiger charge is 2.30. The average Bonchev–Trinajstić information content (AvgIpc) is 3.22. The van der Waals surface area contributed by atoms with Gasteiger partial charge in [-0.1, -0.05) is 6.92 Å². The van der Waals surface area contributed by atoms with Crippen LogP contribution in [0.25, 0.3) is 0 Å². The van der Waals surface area contributed by atoms with Crippen LogP contribution >= 0.6 is 11.3 Å². The highest BCUT2D eigenvalue weighted by atomic mass is 32.1. The normalized spacial score (nSPS) is 22.7. The number of amides is 1. The number of rotatable bonds is 5. The van der Waals surface area contributed by atoms with Crippen molar-refractivity contribution in [2.75, 3.05) is 19.7 Å². The van der Waals surface area contributed by atoms with Gasteiger partial charge in [-0.2, -0.15) is 0 Å². The van der Waals surface area contributed by atoms with Crippen molar-refractivity contribution in [1.82, 2.24) is 15.2 Å². The van der Waals surface area contributed by atoms with Gasteiger partial charge < -0.3 is 15.0 Å². The molecule has 2 saturated heterocycles. The average molecular weight is 337 g/mol. The van der Waals surface area contributed by atoms with E-state index in [1.165, 1.54) is 9.88 Å². The van der Waals surface area contributed by atoms with Crippen molar-refractivity contribution in [3.05, 3.63) is 15.6 Å². The molecule has 1 amide bonds. The lowest BCUT2D eigenvalue weighted by Crippen LogP contribution is -2.47. The van der Waals surface area contributed by atoms with Crippen molar-refractivity contribution in [1.29, 1.82) is 0 Å². The molecule has 0 radical (unpaired) electrons. The van der Waals surface area contributed by atoms with Crippen LogP contribution in [0.1, 0.15) is 48.2 Å². The maximum atomic E-state index is 12.3. The van der Waals surface area contributed by atoms with Crippen LogP contribution in [0.4, 0.5) is 0 Å². The van der Waals surface area contributed by atoms with E-state index in [-0.39, 0.29) is 12.0 Å². The number of ether oxygens (including phenoxy) is 1. The zero-order valence-corrected chi connectivity index (χ0v) is 15.0. The molecule has 0 aliphatic carbocycles. The number of nitrogens with one attached hydrogen (secondary N) is 1. The summed E-state index contributed by atoms with van der Waals surface area (Å²) in [6.45, 7) is 7.57. The number of hydrogen-bond acceptors (Lipinski definition) is 5. The molecule has 1 aromatic rings. The second kappa shape index (κ2) is 7.73. The smallest absolute Gasteiger partial charge is 0.251 e. The van der Waals surface area contributed by atoms with E-state index in [4.69, 9.17) is 4.74 Å². The Kier molecular flexibility index (Phi) is 5.67. The lowest BCUT2D eigenvalue weighted by Gasteiger charge is -2.33. The SMILES string of the molecule is CCc1nc(C)c(CNC2CCN(C(=O)C3CCCO3)CC2)s1. The fourth-order valence-electron chi connectivity index (χ4n) is 3.32. The van der Waals surface area contributed by atoms with Gasteiger partial charge in [0.05, 0.1) is 10.7 Å². The Bertz CT molecular complexity index is 532. The Labute approximate surface area is 142 Å². The highest BCUT2D eigenvalue weighted by Crippen LogP contribution is 2.21. The molecule has 0 aromatic carbocycles. The van der Waals surface area contributed by atoms with Gasteiger partial charge in [0.15, 0.2) is 0 Å². The molecule has 1 atom stereocenters. The topological polar surface area (TPSA) is 54.5 Å². The molecule has 3 rings (SSSR count). The molecule has 1 N–H and O–H groups in total. The molecule has 0 bridgehead atoms. The van der Waals surface area contributed by atoms with Crippen LogP contribution in [-0.2, 0) is 22.5 Å². The standard InChI is InChI=1S/C17H27N3O2S/c1-3-16-19-12(2)15(23-16)11-18-13-6-8-20(9-7-13)17(21)14-5-4-10-22-14/h13-14,18H,3-11H2,1-2H3. The maximum Gasteiger partial charge on any atom is 0.251 e. The fraction of sp³-hybridized carbons (Fsp3) is 0.765. The highest BCUT2D eigenvalue weighted by molar-refractivity contribution is 7.11. The number of hydrogen-bond donors (Lipinski definition) is 1. The molecule has 1 unspecified atom stereocenters. The summed E-state index contributed by atoms with van der Waals surface area (Å²) in [5.74, 6) is 0.201. The molecule has 2 aliphatic heterocycles. The summed E-state index contributed by atoms with van der Waals surface area (Å²) in [7, 11) is 0. The van der Waals surface area contributed by atoms with E-state index in [1.807, 2.05) is 16.2 Å². The molecule has 0 saturated carbocycles. The number of thiazole rings is 1. The van der Waals surface area contributed by atoms with Gasteiger partial charge >= 0.3 is 0 Å². The van der Waals surface area contributed by atoms with Crippen LogP contribution in [0.2, 0.25) is 0 Å². The Morgan fingerprint density at radius 1 is 1.39 bits per heavy atom. The molecule has 6 heteroatoms. The van der Waals surface area contributed by atoms with E-state index in [0.717, 1.165) is 64.0 Å². The third kappa shape index (κ3) is 4.11. The Balaban J connectivity index is 1.43. The van der Waals surface area contributed by atoms with Gasteiger partial charge in [-0.15, -0.1) is 11.3 Å². The molecule has 3 heterocycles. The minimum Gasteiger partial charge on any atom is -0.368 e. The van der Waals surface area contributed by atoms with Gasteiger partial charge in [-0.25, -0.2) is 4.98 Å². The van der Waals surface area contributed by atoms with Gasteiger partial charge in [-0.05, 0) is 39.0 Å². The number of piperidine rings is 1. The number of aryl methyl sites for hydroxylation is 2.